The zero-order valence-corrected chi connectivity index (χ0v) is 13.7. The van der Waals surface area contributed by atoms with E-state index < -0.39 is 11.1 Å². The van der Waals surface area contributed by atoms with Crippen LogP contribution >= 0.6 is 0 Å². The van der Waals surface area contributed by atoms with Gasteiger partial charge in [-0.3, -0.25) is 0 Å². The van der Waals surface area contributed by atoms with Gasteiger partial charge in [-0.2, -0.15) is 0 Å². The molecule has 6 nitrogen and oxygen atoms in total. The van der Waals surface area contributed by atoms with Crippen molar-refractivity contribution in [3.8, 4) is 0 Å². The van der Waals surface area contributed by atoms with E-state index in [1.54, 1.807) is 0 Å². The Morgan fingerprint density at radius 3 is 2.41 bits per heavy atom. The first-order valence-electron chi connectivity index (χ1n) is 8.62. The standard InChI is InChI=1S/C16H24N4O2/c1-14(2)15(3)11-10-12(17-20(22)16(10,14)4)8-6-5-7-9(8)13(11)19(21)18-15/h8-13H,5-7H2,1-4H3/t8-,9?,10?,11-,12-,13?,15?,16-/m1/s1. The van der Waals surface area contributed by atoms with Gasteiger partial charge >= 0.3 is 0 Å². The van der Waals surface area contributed by atoms with Gasteiger partial charge in [0.25, 0.3) is 0 Å². The maximum atomic E-state index is 12.8. The van der Waals surface area contributed by atoms with Crippen LogP contribution in [0.25, 0.3) is 0 Å². The van der Waals surface area contributed by atoms with Crippen LogP contribution in [0.15, 0.2) is 10.2 Å². The maximum Gasteiger partial charge on any atom is 0.209 e. The number of rotatable bonds is 0. The highest BCUT2D eigenvalue weighted by atomic mass is 16.5. The predicted molar refractivity (Wildman–Crippen MR) is 78.1 cm³/mol. The molecule has 5 aliphatic rings. The van der Waals surface area contributed by atoms with Crippen LogP contribution in [-0.2, 0) is 0 Å². The van der Waals surface area contributed by atoms with Crippen molar-refractivity contribution in [2.24, 2.45) is 39.3 Å². The number of hydroxylamine groups is 2. The zero-order chi connectivity index (χ0) is 15.7. The second-order valence-corrected chi connectivity index (χ2v) is 9.00. The van der Waals surface area contributed by atoms with E-state index in [0.29, 0.717) is 11.8 Å². The molecular weight excluding hydrogens is 280 g/mol. The molecule has 5 rings (SSSR count). The third kappa shape index (κ3) is 0.984. The van der Waals surface area contributed by atoms with Crippen molar-refractivity contribution in [1.29, 1.82) is 0 Å². The third-order valence-corrected chi connectivity index (χ3v) is 8.65. The van der Waals surface area contributed by atoms with Gasteiger partial charge in [0.2, 0.25) is 5.54 Å². The van der Waals surface area contributed by atoms with Crippen LogP contribution < -0.4 is 0 Å². The van der Waals surface area contributed by atoms with E-state index in [0.717, 1.165) is 29.0 Å². The summed E-state index contributed by atoms with van der Waals surface area (Å²) in [6.45, 7) is 8.40. The summed E-state index contributed by atoms with van der Waals surface area (Å²) in [6, 6.07) is 0.0561. The maximum absolute atomic E-state index is 12.8. The Morgan fingerprint density at radius 2 is 1.68 bits per heavy atom. The topological polar surface area (TPSA) is 76.9 Å². The van der Waals surface area contributed by atoms with Crippen LogP contribution in [-0.4, -0.2) is 32.9 Å². The van der Waals surface area contributed by atoms with Gasteiger partial charge in [0, 0.05) is 12.8 Å². The predicted octanol–water partition coefficient (Wildman–Crippen LogP) is 2.90. The Hall–Kier alpha value is -1.20. The molecule has 6 heteroatoms. The van der Waals surface area contributed by atoms with Crippen molar-refractivity contribution in [2.45, 2.75) is 70.1 Å². The van der Waals surface area contributed by atoms with Crippen molar-refractivity contribution in [3.05, 3.63) is 10.4 Å². The van der Waals surface area contributed by atoms with Crippen LogP contribution in [0.5, 0.6) is 0 Å². The molecule has 2 aliphatic heterocycles. The normalized spacial score (nSPS) is 60.0. The van der Waals surface area contributed by atoms with Gasteiger partial charge in [-0.15, -0.1) is 0 Å². The smallest absolute Gasteiger partial charge is 0.209 e. The number of azo groups is 2. The van der Waals surface area contributed by atoms with Gasteiger partial charge in [-0.05, 0) is 35.9 Å². The fraction of sp³-hybridized carbons (Fsp3) is 1.00. The van der Waals surface area contributed by atoms with E-state index in [4.69, 9.17) is 0 Å². The minimum Gasteiger partial charge on any atom is -0.600 e. The lowest BCUT2D eigenvalue weighted by Crippen LogP contribution is -2.55. The lowest BCUT2D eigenvalue weighted by molar-refractivity contribution is -0.619. The van der Waals surface area contributed by atoms with Crippen molar-refractivity contribution < 1.29 is 9.72 Å². The van der Waals surface area contributed by atoms with Gasteiger partial charge in [0.1, 0.15) is 11.6 Å². The van der Waals surface area contributed by atoms with Crippen molar-refractivity contribution >= 4 is 0 Å². The first-order chi connectivity index (χ1) is 10.2. The van der Waals surface area contributed by atoms with Crippen molar-refractivity contribution in [1.82, 2.24) is 0 Å². The average molecular weight is 304 g/mol. The van der Waals surface area contributed by atoms with Gasteiger partial charge in [-0.1, -0.05) is 30.0 Å². The molecular formula is C16H24N4O2. The molecule has 0 N–H and O–H groups in total. The summed E-state index contributed by atoms with van der Waals surface area (Å²) in [6.07, 6.45) is 3.35. The Kier molecular flexibility index (Phi) is 2.01. The van der Waals surface area contributed by atoms with E-state index in [1.165, 1.54) is 0 Å². The molecule has 3 aliphatic carbocycles. The number of hydrogen-bond donors (Lipinski definition) is 0. The summed E-state index contributed by atoms with van der Waals surface area (Å²) < 4.78 is 0. The molecule has 3 saturated carbocycles. The first-order valence-corrected chi connectivity index (χ1v) is 8.62. The Morgan fingerprint density at radius 1 is 1.00 bits per heavy atom. The fourth-order valence-electron chi connectivity index (χ4n) is 7.06. The molecule has 0 saturated heterocycles. The van der Waals surface area contributed by atoms with Gasteiger partial charge < -0.3 is 10.4 Å². The summed E-state index contributed by atoms with van der Waals surface area (Å²) in [5, 5.41) is 34.7. The van der Waals surface area contributed by atoms with Crippen molar-refractivity contribution in [2.75, 3.05) is 0 Å². The van der Waals surface area contributed by atoms with E-state index >= 15 is 0 Å². The first kappa shape index (κ1) is 13.3. The molecule has 22 heavy (non-hydrogen) atoms. The lowest BCUT2D eigenvalue weighted by atomic mass is 9.61. The van der Waals surface area contributed by atoms with Crippen LogP contribution in [0.1, 0.15) is 47.0 Å². The molecule has 0 aromatic heterocycles. The quantitative estimate of drug-likeness (QED) is 0.509. The molecule has 120 valence electrons. The number of nitrogens with zero attached hydrogens (tertiary/aromatic N) is 4. The molecule has 0 aromatic rings. The molecule has 0 radical (unpaired) electrons. The van der Waals surface area contributed by atoms with E-state index in [2.05, 4.69) is 37.9 Å². The summed E-state index contributed by atoms with van der Waals surface area (Å²) in [4.78, 5) is 2.03. The molecule has 0 amide bonds. The summed E-state index contributed by atoms with van der Waals surface area (Å²) in [5.41, 5.74) is -1.37. The third-order valence-electron chi connectivity index (χ3n) is 8.65. The number of fused-ring (bicyclic) bond motifs is 3. The van der Waals surface area contributed by atoms with Gasteiger partial charge in [-0.25, -0.2) is 0 Å². The van der Waals surface area contributed by atoms with Gasteiger partial charge in [0.15, 0.2) is 6.04 Å². The Labute approximate surface area is 130 Å². The fourth-order valence-corrected chi connectivity index (χ4v) is 7.06. The monoisotopic (exact) mass is 304 g/mol. The van der Waals surface area contributed by atoms with Crippen LogP contribution in [0.3, 0.4) is 0 Å². The molecule has 0 aromatic carbocycles. The minimum atomic E-state index is -0.548. The highest BCUT2D eigenvalue weighted by Crippen LogP contribution is 2.72. The Balaban J connectivity index is 1.80. The highest BCUT2D eigenvalue weighted by molar-refractivity contribution is 5.28. The Bertz CT molecular complexity index is 644. The lowest BCUT2D eigenvalue weighted by Gasteiger charge is -2.39. The second kappa shape index (κ2) is 3.34. The molecule has 8 atom stereocenters. The van der Waals surface area contributed by atoms with E-state index in [1.807, 2.05) is 0 Å². The van der Waals surface area contributed by atoms with Gasteiger partial charge in [0.05, 0.1) is 17.3 Å². The average Bonchev–Trinajstić information content (AvgIpc) is 3.10. The highest BCUT2D eigenvalue weighted by Gasteiger charge is 2.87. The SMILES string of the molecule is CC12N=[N+]([O-])C3C4CCC[C@H]4[C@H]4N=[N+]([O-])[C@](C)(C4[C@H]31)C2(C)C. The molecule has 3 fully saturated rings. The van der Waals surface area contributed by atoms with Crippen LogP contribution in [0.4, 0.5) is 0 Å². The molecule has 4 unspecified atom stereocenters. The zero-order valence-electron chi connectivity index (χ0n) is 13.7. The summed E-state index contributed by atoms with van der Waals surface area (Å²) in [5.74, 6) is 1.09. The van der Waals surface area contributed by atoms with Crippen molar-refractivity contribution in [3.63, 3.8) is 0 Å². The molecule has 0 bridgehead atoms. The van der Waals surface area contributed by atoms with E-state index in [9.17, 15) is 10.4 Å². The largest absolute Gasteiger partial charge is 0.600 e. The summed E-state index contributed by atoms with van der Waals surface area (Å²) >= 11 is 0. The number of hydrogen-bond acceptors (Lipinski definition) is 4. The summed E-state index contributed by atoms with van der Waals surface area (Å²) in [7, 11) is 0. The second-order valence-electron chi connectivity index (χ2n) is 9.00. The minimum absolute atomic E-state index is 0.0402. The van der Waals surface area contributed by atoms with Crippen LogP contribution in [0, 0.1) is 39.5 Å². The van der Waals surface area contributed by atoms with Crippen LogP contribution in [0.2, 0.25) is 0 Å². The van der Waals surface area contributed by atoms with E-state index in [-0.39, 0.29) is 29.3 Å². The molecule has 0 spiro atoms. The molecule has 2 heterocycles.